The molecule has 0 saturated heterocycles. The third-order valence-corrected chi connectivity index (χ3v) is 2.31. The highest BCUT2D eigenvalue weighted by molar-refractivity contribution is 5.37. The van der Waals surface area contributed by atoms with Crippen LogP contribution in [0, 0.1) is 6.92 Å². The molecule has 1 nitrogen and oxygen atoms in total. The van der Waals surface area contributed by atoms with Crippen LogP contribution in [-0.4, -0.2) is 5.11 Å². The quantitative estimate of drug-likeness (QED) is 0.800. The molecule has 3 heteroatoms. The van der Waals surface area contributed by atoms with E-state index in [0.717, 1.165) is 12.5 Å². The Bertz CT molecular complexity index is 359. The highest BCUT2D eigenvalue weighted by Gasteiger charge is 2.32. The second kappa shape index (κ2) is 3.56. The summed E-state index contributed by atoms with van der Waals surface area (Å²) >= 11 is 0. The smallest absolute Gasteiger partial charge is 0.270 e. The van der Waals surface area contributed by atoms with Crippen molar-refractivity contribution in [3.05, 3.63) is 34.9 Å². The van der Waals surface area contributed by atoms with Crippen LogP contribution in [0.1, 0.15) is 37.5 Å². The molecule has 0 bridgehead atoms. The summed E-state index contributed by atoms with van der Waals surface area (Å²) in [5.41, 5.74) is -0.212. The molecule has 0 unspecified atom stereocenters. The minimum atomic E-state index is -2.93. The summed E-state index contributed by atoms with van der Waals surface area (Å²) < 4.78 is 26.5. The lowest BCUT2D eigenvalue weighted by Crippen LogP contribution is -2.22. The Kier molecular flexibility index (Phi) is 2.88. The fraction of sp³-hybridized carbons (Fsp3) is 0.500. The zero-order chi connectivity index (χ0) is 11.9. The van der Waals surface area contributed by atoms with Gasteiger partial charge in [0.1, 0.15) is 0 Å². The fourth-order valence-corrected chi connectivity index (χ4v) is 1.55. The average Bonchev–Trinajstić information content (AvgIpc) is 2.00. The van der Waals surface area contributed by atoms with Crippen LogP contribution in [0.2, 0.25) is 0 Å². The predicted molar refractivity (Wildman–Crippen MR) is 56.0 cm³/mol. The van der Waals surface area contributed by atoms with Crippen molar-refractivity contribution in [1.29, 1.82) is 0 Å². The van der Waals surface area contributed by atoms with Gasteiger partial charge in [0.05, 0.1) is 5.60 Å². The lowest BCUT2D eigenvalue weighted by atomic mass is 9.89. The number of aryl methyl sites for hydroxylation is 1. The first-order valence-electron chi connectivity index (χ1n) is 4.84. The Labute approximate surface area is 88.7 Å². The minimum absolute atomic E-state index is 0.111. The van der Waals surface area contributed by atoms with Gasteiger partial charge in [0, 0.05) is 12.5 Å². The van der Waals surface area contributed by atoms with Gasteiger partial charge in [-0.2, -0.15) is 0 Å². The van der Waals surface area contributed by atoms with Crippen LogP contribution >= 0.6 is 0 Å². The summed E-state index contributed by atoms with van der Waals surface area (Å²) in [5.74, 6) is -2.93. The Morgan fingerprint density at radius 2 is 1.60 bits per heavy atom. The minimum Gasteiger partial charge on any atom is -0.386 e. The van der Waals surface area contributed by atoms with Gasteiger partial charge in [-0.05, 0) is 26.3 Å². The average molecular weight is 214 g/mol. The van der Waals surface area contributed by atoms with Gasteiger partial charge in [0.15, 0.2) is 0 Å². The molecule has 15 heavy (non-hydrogen) atoms. The van der Waals surface area contributed by atoms with E-state index in [4.69, 9.17) is 0 Å². The van der Waals surface area contributed by atoms with Crippen molar-refractivity contribution in [3.8, 4) is 0 Å². The van der Waals surface area contributed by atoms with Crippen molar-refractivity contribution >= 4 is 0 Å². The second-order valence-electron chi connectivity index (χ2n) is 4.50. The molecule has 1 N–H and O–H groups in total. The van der Waals surface area contributed by atoms with Gasteiger partial charge < -0.3 is 5.11 Å². The summed E-state index contributed by atoms with van der Waals surface area (Å²) in [6, 6.07) is 4.61. The topological polar surface area (TPSA) is 20.2 Å². The Morgan fingerprint density at radius 3 is 2.00 bits per heavy atom. The Morgan fingerprint density at radius 1 is 1.07 bits per heavy atom. The number of hydrogen-bond donors (Lipinski definition) is 1. The molecule has 0 aromatic heterocycles. The first-order valence-corrected chi connectivity index (χ1v) is 4.84. The van der Waals surface area contributed by atoms with Gasteiger partial charge in [0.25, 0.3) is 5.92 Å². The largest absolute Gasteiger partial charge is 0.386 e. The van der Waals surface area contributed by atoms with Crippen molar-refractivity contribution < 1.29 is 13.9 Å². The fourth-order valence-electron chi connectivity index (χ4n) is 1.55. The van der Waals surface area contributed by atoms with Crippen LogP contribution in [0.3, 0.4) is 0 Å². The van der Waals surface area contributed by atoms with E-state index in [1.165, 1.54) is 19.9 Å². The molecule has 0 aliphatic carbocycles. The maximum atomic E-state index is 13.3. The molecule has 1 aromatic rings. The van der Waals surface area contributed by atoms with E-state index in [-0.39, 0.29) is 11.1 Å². The number of benzene rings is 1. The number of halogens is 2. The van der Waals surface area contributed by atoms with Crippen LogP contribution < -0.4 is 0 Å². The van der Waals surface area contributed by atoms with E-state index in [1.807, 2.05) is 6.92 Å². The van der Waals surface area contributed by atoms with Crippen molar-refractivity contribution in [2.75, 3.05) is 0 Å². The lowest BCUT2D eigenvalue weighted by Gasteiger charge is -2.25. The van der Waals surface area contributed by atoms with Crippen molar-refractivity contribution in [2.24, 2.45) is 0 Å². The van der Waals surface area contributed by atoms with Gasteiger partial charge in [-0.25, -0.2) is 8.78 Å². The molecule has 0 saturated carbocycles. The molecule has 1 aromatic carbocycles. The third-order valence-electron chi connectivity index (χ3n) is 2.31. The highest BCUT2D eigenvalue weighted by Crippen LogP contribution is 2.35. The molecular formula is C12H16F2O. The van der Waals surface area contributed by atoms with E-state index >= 15 is 0 Å². The molecule has 0 atom stereocenters. The molecule has 0 aliphatic rings. The lowest BCUT2D eigenvalue weighted by molar-refractivity contribution is 0.00740. The molecule has 0 amide bonds. The number of alkyl halides is 2. The number of hydrogen-bond acceptors (Lipinski definition) is 1. The SMILES string of the molecule is Cc1ccc(C(C)(F)F)c(C(C)(C)O)c1. The summed E-state index contributed by atoms with van der Waals surface area (Å²) in [5, 5.41) is 9.82. The molecule has 0 radical (unpaired) electrons. The van der Waals surface area contributed by atoms with Crippen molar-refractivity contribution in [2.45, 2.75) is 39.2 Å². The summed E-state index contributed by atoms with van der Waals surface area (Å²) in [4.78, 5) is 0. The zero-order valence-corrected chi connectivity index (χ0v) is 9.44. The van der Waals surface area contributed by atoms with Gasteiger partial charge in [-0.15, -0.1) is 0 Å². The van der Waals surface area contributed by atoms with Crippen molar-refractivity contribution in [1.82, 2.24) is 0 Å². The predicted octanol–water partition coefficient (Wildman–Crippen LogP) is 3.33. The van der Waals surface area contributed by atoms with Crippen LogP contribution in [0.5, 0.6) is 0 Å². The van der Waals surface area contributed by atoms with Gasteiger partial charge in [0.2, 0.25) is 0 Å². The van der Waals surface area contributed by atoms with E-state index in [1.54, 1.807) is 12.1 Å². The maximum Gasteiger partial charge on any atom is 0.270 e. The molecular weight excluding hydrogens is 198 g/mol. The number of aliphatic hydroxyl groups is 1. The maximum absolute atomic E-state index is 13.3. The van der Waals surface area contributed by atoms with Crippen LogP contribution in [-0.2, 0) is 11.5 Å². The zero-order valence-electron chi connectivity index (χ0n) is 9.44. The molecule has 0 aliphatic heterocycles. The van der Waals surface area contributed by atoms with Gasteiger partial charge in [-0.1, -0.05) is 23.8 Å². The monoisotopic (exact) mass is 214 g/mol. The van der Waals surface area contributed by atoms with Gasteiger partial charge in [-0.3, -0.25) is 0 Å². The van der Waals surface area contributed by atoms with Crippen molar-refractivity contribution in [3.63, 3.8) is 0 Å². The molecule has 0 fully saturated rings. The molecule has 0 spiro atoms. The normalized spacial score (nSPS) is 13.0. The highest BCUT2D eigenvalue weighted by atomic mass is 19.3. The second-order valence-corrected chi connectivity index (χ2v) is 4.50. The van der Waals surface area contributed by atoms with E-state index in [0.29, 0.717) is 0 Å². The van der Waals surface area contributed by atoms with E-state index < -0.39 is 11.5 Å². The Balaban J connectivity index is 3.41. The van der Waals surface area contributed by atoms with Crippen LogP contribution in [0.25, 0.3) is 0 Å². The molecule has 84 valence electrons. The first kappa shape index (κ1) is 12.1. The van der Waals surface area contributed by atoms with Crippen LogP contribution in [0.4, 0.5) is 8.78 Å². The standard InChI is InChI=1S/C12H16F2O/c1-8-5-6-9(12(4,13)14)10(7-8)11(2,3)15/h5-7,15H,1-4H3. The van der Waals surface area contributed by atoms with E-state index in [2.05, 4.69) is 0 Å². The van der Waals surface area contributed by atoms with E-state index in [9.17, 15) is 13.9 Å². The summed E-state index contributed by atoms with van der Waals surface area (Å²) in [6.07, 6.45) is 0. The van der Waals surface area contributed by atoms with Gasteiger partial charge >= 0.3 is 0 Å². The number of rotatable bonds is 2. The third kappa shape index (κ3) is 2.75. The Hall–Kier alpha value is -0.960. The first-order chi connectivity index (χ1) is 6.62. The molecule has 0 heterocycles. The van der Waals surface area contributed by atoms with Crippen LogP contribution in [0.15, 0.2) is 18.2 Å². The molecule has 1 rings (SSSR count). The summed E-state index contributed by atoms with van der Waals surface area (Å²) in [6.45, 7) is 5.67. The summed E-state index contributed by atoms with van der Waals surface area (Å²) in [7, 11) is 0.